The number of rotatable bonds is 2. The number of phenolic OH excluding ortho intramolecular Hbond substituents is 1. The van der Waals surface area contributed by atoms with Crippen LogP contribution in [0.3, 0.4) is 0 Å². The number of halogens is 1. The molecule has 0 aliphatic carbocycles. The van der Waals surface area contributed by atoms with Gasteiger partial charge < -0.3 is 5.11 Å². The Bertz CT molecular complexity index is 768. The number of thioether (sulfide) groups is 1. The van der Waals surface area contributed by atoms with Crippen LogP contribution in [0.5, 0.6) is 5.75 Å². The van der Waals surface area contributed by atoms with Crippen molar-refractivity contribution in [2.24, 2.45) is 0 Å². The van der Waals surface area contributed by atoms with E-state index in [1.807, 2.05) is 32.9 Å². The zero-order chi connectivity index (χ0) is 16.7. The molecule has 1 N–H and O–H groups in total. The highest BCUT2D eigenvalue weighted by Gasteiger charge is 2.35. The minimum absolute atomic E-state index is 0.0305. The van der Waals surface area contributed by atoms with E-state index in [9.17, 15) is 14.3 Å². The van der Waals surface area contributed by atoms with E-state index in [1.165, 1.54) is 23.9 Å². The first-order chi connectivity index (χ1) is 10.9. The van der Waals surface area contributed by atoms with E-state index in [4.69, 9.17) is 0 Å². The van der Waals surface area contributed by atoms with Crippen LogP contribution in [0.25, 0.3) is 0 Å². The largest absolute Gasteiger partial charge is 0.507 e. The summed E-state index contributed by atoms with van der Waals surface area (Å²) in [5, 5.41) is 9.74. The van der Waals surface area contributed by atoms with E-state index in [-0.39, 0.29) is 22.8 Å². The van der Waals surface area contributed by atoms with Crippen molar-refractivity contribution in [1.29, 1.82) is 0 Å². The molecule has 1 aliphatic rings. The molecule has 0 spiro atoms. The third-order valence-electron chi connectivity index (χ3n) is 4.10. The van der Waals surface area contributed by atoms with E-state index in [0.29, 0.717) is 11.4 Å². The summed E-state index contributed by atoms with van der Waals surface area (Å²) in [6, 6.07) is 8.27. The van der Waals surface area contributed by atoms with Gasteiger partial charge in [-0.05, 0) is 67.3 Å². The van der Waals surface area contributed by atoms with Crippen molar-refractivity contribution in [1.82, 2.24) is 0 Å². The highest BCUT2D eigenvalue weighted by atomic mass is 32.2. The number of carbonyl (C=O) groups is 1. The fraction of sp³-hybridized carbons (Fsp3) is 0.278. The summed E-state index contributed by atoms with van der Waals surface area (Å²) in [5.41, 5.74) is 3.96. The molecule has 1 aliphatic heterocycles. The summed E-state index contributed by atoms with van der Waals surface area (Å²) < 4.78 is 13.7. The van der Waals surface area contributed by atoms with E-state index < -0.39 is 0 Å². The van der Waals surface area contributed by atoms with Crippen molar-refractivity contribution >= 4 is 23.4 Å². The molecule has 1 fully saturated rings. The highest BCUT2D eigenvalue weighted by molar-refractivity contribution is 8.00. The second kappa shape index (κ2) is 5.89. The third kappa shape index (κ3) is 2.81. The van der Waals surface area contributed by atoms with Crippen molar-refractivity contribution in [3.05, 3.63) is 58.4 Å². The number of hydrogen-bond acceptors (Lipinski definition) is 3. The van der Waals surface area contributed by atoms with Gasteiger partial charge in [0.05, 0.1) is 11.4 Å². The number of hydrogen-bond donors (Lipinski definition) is 1. The molecule has 1 unspecified atom stereocenters. The van der Waals surface area contributed by atoms with Crippen LogP contribution in [-0.2, 0) is 4.79 Å². The second-order valence-electron chi connectivity index (χ2n) is 5.86. The van der Waals surface area contributed by atoms with Gasteiger partial charge in [0.2, 0.25) is 5.91 Å². The first kappa shape index (κ1) is 15.9. The molecule has 0 radical (unpaired) electrons. The number of amides is 1. The molecule has 5 heteroatoms. The number of benzene rings is 2. The Labute approximate surface area is 139 Å². The summed E-state index contributed by atoms with van der Waals surface area (Å²) >= 11 is 1.52. The molecule has 120 valence electrons. The lowest BCUT2D eigenvalue weighted by Crippen LogP contribution is -2.28. The summed E-state index contributed by atoms with van der Waals surface area (Å²) in [4.78, 5) is 14.1. The molecule has 2 aromatic rings. The maximum Gasteiger partial charge on any atom is 0.238 e. The van der Waals surface area contributed by atoms with Crippen molar-refractivity contribution < 1.29 is 14.3 Å². The Morgan fingerprint density at radius 3 is 2.43 bits per heavy atom. The average Bonchev–Trinajstić information content (AvgIpc) is 2.88. The lowest BCUT2D eigenvalue weighted by atomic mass is 10.0. The van der Waals surface area contributed by atoms with Crippen molar-refractivity contribution in [2.75, 3.05) is 10.7 Å². The molecule has 2 aromatic carbocycles. The highest BCUT2D eigenvalue weighted by Crippen LogP contribution is 2.44. The normalized spacial score (nSPS) is 17.8. The summed E-state index contributed by atoms with van der Waals surface area (Å²) in [7, 11) is 0. The van der Waals surface area contributed by atoms with Gasteiger partial charge in [0.15, 0.2) is 0 Å². The van der Waals surface area contributed by atoms with Crippen LogP contribution in [0, 0.1) is 26.6 Å². The summed E-state index contributed by atoms with van der Waals surface area (Å²) in [5.74, 6) is 0.250. The smallest absolute Gasteiger partial charge is 0.238 e. The van der Waals surface area contributed by atoms with Gasteiger partial charge in [-0.2, -0.15) is 0 Å². The SMILES string of the molecule is Cc1ccc(F)cc1N1C(=O)CSC1c1cc(C)c(O)c(C)c1. The molecular weight excluding hydrogens is 313 g/mol. The number of phenols is 1. The minimum Gasteiger partial charge on any atom is -0.507 e. The molecule has 3 nitrogen and oxygen atoms in total. The van der Waals surface area contributed by atoms with Gasteiger partial charge in [-0.15, -0.1) is 11.8 Å². The summed E-state index contributed by atoms with van der Waals surface area (Å²) in [6.07, 6.45) is 0. The third-order valence-corrected chi connectivity index (χ3v) is 5.31. The molecule has 0 saturated carbocycles. The molecular formula is C18H18FNO2S. The van der Waals surface area contributed by atoms with Gasteiger partial charge in [-0.1, -0.05) is 6.07 Å². The van der Waals surface area contributed by atoms with E-state index in [0.717, 1.165) is 22.3 Å². The first-order valence-electron chi connectivity index (χ1n) is 7.38. The average molecular weight is 331 g/mol. The van der Waals surface area contributed by atoms with Gasteiger partial charge in [-0.25, -0.2) is 4.39 Å². The molecule has 0 aromatic heterocycles. The van der Waals surface area contributed by atoms with Gasteiger partial charge in [0.1, 0.15) is 16.9 Å². The maximum absolute atomic E-state index is 13.7. The Hall–Kier alpha value is -2.01. The van der Waals surface area contributed by atoms with Gasteiger partial charge >= 0.3 is 0 Å². The number of aromatic hydroxyl groups is 1. The topological polar surface area (TPSA) is 40.5 Å². The van der Waals surface area contributed by atoms with Crippen LogP contribution in [0.4, 0.5) is 10.1 Å². The van der Waals surface area contributed by atoms with Gasteiger partial charge in [-0.3, -0.25) is 9.69 Å². The van der Waals surface area contributed by atoms with Crippen LogP contribution in [0.1, 0.15) is 27.6 Å². The van der Waals surface area contributed by atoms with Crippen LogP contribution in [0.15, 0.2) is 30.3 Å². The van der Waals surface area contributed by atoms with Crippen molar-refractivity contribution in [2.45, 2.75) is 26.1 Å². The van der Waals surface area contributed by atoms with E-state index in [1.54, 1.807) is 11.0 Å². The fourth-order valence-corrected chi connectivity index (χ4v) is 4.05. The second-order valence-corrected chi connectivity index (χ2v) is 6.93. The molecule has 3 rings (SSSR count). The van der Waals surface area contributed by atoms with Crippen molar-refractivity contribution in [3.8, 4) is 5.75 Å². The molecule has 1 saturated heterocycles. The van der Waals surface area contributed by atoms with Crippen LogP contribution >= 0.6 is 11.8 Å². The van der Waals surface area contributed by atoms with E-state index >= 15 is 0 Å². The predicted octanol–water partition coefficient (Wildman–Crippen LogP) is 4.24. The Kier molecular flexibility index (Phi) is 4.06. The van der Waals surface area contributed by atoms with E-state index in [2.05, 4.69) is 0 Å². The standard InChI is InChI=1S/C18H18FNO2S/c1-10-4-5-14(19)8-15(10)20-16(21)9-23-18(20)13-6-11(2)17(22)12(3)7-13/h4-8,18,22H,9H2,1-3H3. The predicted molar refractivity (Wildman–Crippen MR) is 91.4 cm³/mol. The van der Waals surface area contributed by atoms with Crippen molar-refractivity contribution in [3.63, 3.8) is 0 Å². The molecule has 23 heavy (non-hydrogen) atoms. The zero-order valence-corrected chi connectivity index (χ0v) is 14.1. The summed E-state index contributed by atoms with van der Waals surface area (Å²) in [6.45, 7) is 5.55. The lowest BCUT2D eigenvalue weighted by Gasteiger charge is -2.26. The molecule has 0 bridgehead atoms. The Morgan fingerprint density at radius 2 is 1.78 bits per heavy atom. The van der Waals surface area contributed by atoms with Crippen LogP contribution in [-0.4, -0.2) is 16.8 Å². The Morgan fingerprint density at radius 1 is 1.13 bits per heavy atom. The van der Waals surface area contributed by atoms with Gasteiger partial charge in [0, 0.05) is 0 Å². The lowest BCUT2D eigenvalue weighted by molar-refractivity contribution is -0.115. The number of carbonyl (C=O) groups excluding carboxylic acids is 1. The van der Waals surface area contributed by atoms with Crippen LogP contribution < -0.4 is 4.90 Å². The number of anilines is 1. The maximum atomic E-state index is 13.7. The molecule has 1 heterocycles. The monoisotopic (exact) mass is 331 g/mol. The van der Waals surface area contributed by atoms with Crippen LogP contribution in [0.2, 0.25) is 0 Å². The fourth-order valence-electron chi connectivity index (χ4n) is 2.91. The minimum atomic E-state index is -0.355. The molecule has 1 atom stereocenters. The first-order valence-corrected chi connectivity index (χ1v) is 8.43. The quantitative estimate of drug-likeness (QED) is 0.895. The Balaban J connectivity index is 2.09. The van der Waals surface area contributed by atoms with Gasteiger partial charge in [0.25, 0.3) is 0 Å². The number of aryl methyl sites for hydroxylation is 3. The molecule has 1 amide bonds. The number of nitrogens with zero attached hydrogens (tertiary/aromatic N) is 1. The zero-order valence-electron chi connectivity index (χ0n) is 13.3.